The lowest BCUT2D eigenvalue weighted by Crippen LogP contribution is -2.38. The number of carboxylic acids is 1. The highest BCUT2D eigenvalue weighted by Crippen LogP contribution is 2.34. The maximum absolute atomic E-state index is 10.6. The summed E-state index contributed by atoms with van der Waals surface area (Å²) in [5.74, 6) is -1.06. The number of alkyl halides is 3. The molecule has 0 radical (unpaired) electrons. The Bertz CT molecular complexity index is 897. The molecule has 0 spiro atoms. The predicted octanol–water partition coefficient (Wildman–Crippen LogP) is 3.08. The van der Waals surface area contributed by atoms with Crippen LogP contribution in [0.4, 0.5) is 13.2 Å². The summed E-state index contributed by atoms with van der Waals surface area (Å²) in [7, 11) is 3.45. The van der Waals surface area contributed by atoms with E-state index in [9.17, 15) is 13.2 Å². The van der Waals surface area contributed by atoms with Gasteiger partial charge in [0.2, 0.25) is 0 Å². The molecule has 4 rings (SSSR count). The van der Waals surface area contributed by atoms with Gasteiger partial charge in [0, 0.05) is 33.2 Å². The quantitative estimate of drug-likeness (QED) is 0.685. The Kier molecular flexibility index (Phi) is 7.73. The van der Waals surface area contributed by atoms with Gasteiger partial charge in [-0.3, -0.25) is 4.90 Å². The Morgan fingerprint density at radius 3 is 2.41 bits per heavy atom. The van der Waals surface area contributed by atoms with Crippen LogP contribution in [-0.2, 0) is 29.0 Å². The van der Waals surface area contributed by atoms with E-state index in [1.807, 2.05) is 12.1 Å². The molecule has 1 fully saturated rings. The molecule has 1 aromatic carbocycles. The van der Waals surface area contributed by atoms with Crippen molar-refractivity contribution < 1.29 is 32.5 Å². The fraction of sp³-hybridized carbons (Fsp3) is 0.571. The summed E-state index contributed by atoms with van der Waals surface area (Å²) >= 11 is 0. The first-order valence-corrected chi connectivity index (χ1v) is 10.3. The van der Waals surface area contributed by atoms with Crippen molar-refractivity contribution in [2.75, 3.05) is 27.4 Å². The second kappa shape index (κ2) is 10.3. The number of rotatable bonds is 7. The minimum atomic E-state index is -5.08. The van der Waals surface area contributed by atoms with Crippen LogP contribution >= 0.6 is 0 Å². The van der Waals surface area contributed by atoms with Gasteiger partial charge in [-0.1, -0.05) is 17.3 Å². The molecule has 8 nitrogen and oxygen atoms in total. The predicted molar refractivity (Wildman–Crippen MR) is 108 cm³/mol. The van der Waals surface area contributed by atoms with Gasteiger partial charge in [-0.25, -0.2) is 9.48 Å². The molecule has 0 bridgehead atoms. The summed E-state index contributed by atoms with van der Waals surface area (Å²) in [6.07, 6.45) is -1.41. The van der Waals surface area contributed by atoms with Gasteiger partial charge >= 0.3 is 12.1 Å². The number of hydrogen-bond acceptors (Lipinski definition) is 6. The second-order valence-corrected chi connectivity index (χ2v) is 7.89. The third-order valence-corrected chi connectivity index (χ3v) is 5.50. The number of carbonyl (C=O) groups is 1. The molecular formula is C21H27F3N4O4. The van der Waals surface area contributed by atoms with Crippen molar-refractivity contribution >= 4 is 5.97 Å². The minimum absolute atomic E-state index is 0.170. The molecule has 0 saturated heterocycles. The zero-order chi connectivity index (χ0) is 23.3. The second-order valence-electron chi connectivity index (χ2n) is 7.89. The summed E-state index contributed by atoms with van der Waals surface area (Å²) in [4.78, 5) is 11.3. The fourth-order valence-corrected chi connectivity index (χ4v) is 3.63. The maximum Gasteiger partial charge on any atom is 0.490 e. The zero-order valence-electron chi connectivity index (χ0n) is 18.0. The highest BCUT2D eigenvalue weighted by atomic mass is 19.4. The number of carboxylic acid groups (broad SMARTS) is 1. The maximum atomic E-state index is 10.6. The summed E-state index contributed by atoms with van der Waals surface area (Å²) in [5, 5.41) is 16.1. The Hall–Kier alpha value is -2.66. The van der Waals surface area contributed by atoms with Crippen LogP contribution < -0.4 is 4.74 Å². The van der Waals surface area contributed by atoms with Crippen LogP contribution in [0.25, 0.3) is 0 Å². The van der Waals surface area contributed by atoms with Gasteiger partial charge < -0.3 is 14.6 Å². The van der Waals surface area contributed by atoms with Crippen molar-refractivity contribution in [1.29, 1.82) is 0 Å². The molecular weight excluding hydrogens is 429 g/mol. The third-order valence-electron chi connectivity index (χ3n) is 5.50. The van der Waals surface area contributed by atoms with Gasteiger partial charge in [-0.05, 0) is 36.5 Å². The fourth-order valence-electron chi connectivity index (χ4n) is 3.63. The SMILES string of the molecule is COCC1c2nnn(CC3CC3)c2CCN1Cc1ccc(OC)cc1.O=C(O)C(F)(F)F. The number of ether oxygens (including phenoxy) is 2. The summed E-state index contributed by atoms with van der Waals surface area (Å²) in [5.41, 5.74) is 3.68. The molecule has 2 aromatic rings. The van der Waals surface area contributed by atoms with Gasteiger partial charge in [0.05, 0.1) is 25.5 Å². The number of nitrogens with zero attached hydrogens (tertiary/aromatic N) is 4. The van der Waals surface area contributed by atoms with Crippen LogP contribution in [0.2, 0.25) is 0 Å². The van der Waals surface area contributed by atoms with E-state index in [0.29, 0.717) is 6.61 Å². The summed E-state index contributed by atoms with van der Waals surface area (Å²) in [6, 6.07) is 8.46. The lowest BCUT2D eigenvalue weighted by molar-refractivity contribution is -0.192. The van der Waals surface area contributed by atoms with Crippen LogP contribution in [0.3, 0.4) is 0 Å². The Morgan fingerprint density at radius 2 is 1.88 bits per heavy atom. The van der Waals surface area contributed by atoms with Crippen LogP contribution in [0.15, 0.2) is 24.3 Å². The largest absolute Gasteiger partial charge is 0.497 e. The molecule has 176 valence electrons. The molecule has 2 aliphatic rings. The van der Waals surface area contributed by atoms with Gasteiger partial charge in [0.15, 0.2) is 0 Å². The summed E-state index contributed by atoms with van der Waals surface area (Å²) < 4.78 is 44.6. The molecule has 1 aromatic heterocycles. The van der Waals surface area contributed by atoms with Crippen molar-refractivity contribution in [1.82, 2.24) is 19.9 Å². The molecule has 1 atom stereocenters. The first-order chi connectivity index (χ1) is 15.2. The smallest absolute Gasteiger partial charge is 0.490 e. The third kappa shape index (κ3) is 6.19. The molecule has 0 amide bonds. The van der Waals surface area contributed by atoms with Gasteiger partial charge in [0.25, 0.3) is 0 Å². The van der Waals surface area contributed by atoms with E-state index in [-0.39, 0.29) is 6.04 Å². The number of halogens is 3. The lowest BCUT2D eigenvalue weighted by atomic mass is 10.0. The van der Waals surface area contributed by atoms with Crippen LogP contribution in [0.1, 0.15) is 35.8 Å². The Labute approximate surface area is 183 Å². The van der Waals surface area contributed by atoms with E-state index >= 15 is 0 Å². The number of fused-ring (bicyclic) bond motifs is 1. The molecule has 1 aliphatic carbocycles. The van der Waals surface area contributed by atoms with Crippen LogP contribution in [-0.4, -0.2) is 64.5 Å². The lowest BCUT2D eigenvalue weighted by Gasteiger charge is -2.34. The normalized spacial score (nSPS) is 18.5. The van der Waals surface area contributed by atoms with E-state index in [0.717, 1.165) is 43.4 Å². The Balaban J connectivity index is 0.000000360. The van der Waals surface area contributed by atoms with Gasteiger partial charge in [-0.15, -0.1) is 5.10 Å². The number of aromatic nitrogens is 3. The monoisotopic (exact) mass is 456 g/mol. The summed E-state index contributed by atoms with van der Waals surface area (Å²) in [6.45, 7) is 3.56. The van der Waals surface area contributed by atoms with Crippen molar-refractivity contribution in [3.8, 4) is 5.75 Å². The van der Waals surface area contributed by atoms with Gasteiger partial charge in [-0.2, -0.15) is 13.2 Å². The highest BCUT2D eigenvalue weighted by molar-refractivity contribution is 5.73. The van der Waals surface area contributed by atoms with E-state index < -0.39 is 12.1 Å². The number of hydrogen-bond donors (Lipinski definition) is 1. The van der Waals surface area contributed by atoms with E-state index in [4.69, 9.17) is 19.4 Å². The Morgan fingerprint density at radius 1 is 1.22 bits per heavy atom. The average Bonchev–Trinajstić information content (AvgIpc) is 3.48. The van der Waals surface area contributed by atoms with E-state index in [2.05, 4.69) is 32.0 Å². The molecule has 11 heteroatoms. The molecule has 2 heterocycles. The first kappa shape index (κ1) is 24.0. The van der Waals surface area contributed by atoms with Gasteiger partial charge in [0.1, 0.15) is 11.4 Å². The van der Waals surface area contributed by atoms with Crippen molar-refractivity contribution in [3.63, 3.8) is 0 Å². The van der Waals surface area contributed by atoms with Crippen molar-refractivity contribution in [3.05, 3.63) is 41.2 Å². The molecule has 1 aliphatic heterocycles. The minimum Gasteiger partial charge on any atom is -0.497 e. The topological polar surface area (TPSA) is 89.7 Å². The number of aliphatic carboxylic acids is 1. The zero-order valence-corrected chi connectivity index (χ0v) is 18.0. The standard InChI is InChI=1S/C19H26N4O2.C2HF3O2/c1-24-13-18-19-17(23(21-20-19)12-15-3-4-15)9-10-22(18)11-14-5-7-16(25-2)8-6-14;3-2(4,5)1(6)7/h5-8,15,18H,3-4,9-13H2,1-2H3;(H,6,7). The van der Waals surface area contributed by atoms with Crippen LogP contribution in [0.5, 0.6) is 5.75 Å². The molecule has 1 N–H and O–H groups in total. The number of benzene rings is 1. The van der Waals surface area contributed by atoms with Crippen LogP contribution in [0, 0.1) is 5.92 Å². The number of methoxy groups -OCH3 is 2. The van der Waals surface area contributed by atoms with E-state index in [1.165, 1.54) is 24.1 Å². The molecule has 1 unspecified atom stereocenters. The average molecular weight is 456 g/mol. The van der Waals surface area contributed by atoms with E-state index in [1.54, 1.807) is 14.2 Å². The molecule has 32 heavy (non-hydrogen) atoms. The highest BCUT2D eigenvalue weighted by Gasteiger charge is 2.38. The first-order valence-electron chi connectivity index (χ1n) is 10.3. The van der Waals surface area contributed by atoms with Crippen molar-refractivity contribution in [2.24, 2.45) is 5.92 Å². The molecule has 1 saturated carbocycles. The van der Waals surface area contributed by atoms with Crippen molar-refractivity contribution in [2.45, 2.75) is 44.6 Å².